The van der Waals surface area contributed by atoms with Gasteiger partial charge in [0.05, 0.1) is 0 Å². The van der Waals surface area contributed by atoms with E-state index in [0.29, 0.717) is 12.3 Å². The Kier molecular flexibility index (Phi) is 5.44. The zero-order valence-corrected chi connectivity index (χ0v) is 23.2. The number of carbonyl (C=O) groups is 1. The molecule has 1 aliphatic heterocycles. The third-order valence-electron chi connectivity index (χ3n) is 12.7. The second-order valence-electron chi connectivity index (χ2n) is 13.5. The van der Waals surface area contributed by atoms with E-state index in [4.69, 9.17) is 18.5 Å². The molecule has 0 bridgehead atoms. The second-order valence-corrected chi connectivity index (χ2v) is 13.5. The molecule has 4 fully saturated rings. The first-order valence-electron chi connectivity index (χ1n) is 14.0. The van der Waals surface area contributed by atoms with Gasteiger partial charge in [-0.3, -0.25) is 4.79 Å². The molecule has 190 valence electrons. The number of aryl methyl sites for hydroxylation is 1. The van der Waals surface area contributed by atoms with Crippen LogP contribution in [0.5, 0.6) is 0 Å². The highest BCUT2D eigenvalue weighted by molar-refractivity contribution is 6.28. The zero-order valence-electron chi connectivity index (χ0n) is 23.2. The molecular weight excluding hydrogens is 448 g/mol. The van der Waals surface area contributed by atoms with Crippen molar-refractivity contribution in [2.45, 2.75) is 106 Å². The van der Waals surface area contributed by atoms with Crippen molar-refractivity contribution < 1.29 is 23.3 Å². The van der Waals surface area contributed by atoms with E-state index < -0.39 is 5.60 Å². The third-order valence-corrected chi connectivity index (χ3v) is 12.7. The molecule has 1 aromatic rings. The zero-order chi connectivity index (χ0) is 25.7. The van der Waals surface area contributed by atoms with E-state index in [1.807, 2.05) is 23.0 Å². The Bertz CT molecular complexity index is 1120. The fraction of sp³-hybridized carbons (Fsp3) is 0.741. The molecule has 36 heavy (non-hydrogen) atoms. The topological polar surface area (TPSA) is 57.9 Å². The fourth-order valence-electron chi connectivity index (χ4n) is 10.4. The highest BCUT2D eigenvalue weighted by Crippen LogP contribution is 2.85. The van der Waals surface area contributed by atoms with Crippen LogP contribution in [0, 0.1) is 23.7 Å². The molecule has 3 saturated carbocycles. The maximum atomic E-state index is 12.5. The predicted molar refractivity (Wildman–Crippen MR) is 149 cm³/mol. The Morgan fingerprint density at radius 2 is 1.83 bits per heavy atom. The smallest absolute Gasteiger partial charge is 0.306 e. The molecule has 9 atom stereocenters. The average molecular weight is 488 g/mol. The Morgan fingerprint density at radius 1 is 1.06 bits per heavy atom. The van der Waals surface area contributed by atoms with Crippen molar-refractivity contribution in [1.29, 1.82) is 0 Å². The standard InChI is InChI=1S/C27H40B4O5/c1-15-4-5-19(33-15)18-13-16-12-17(35-30)6-8-23(16,2)22-20(36-31)14-24(3)25(9-7-21(32)34-25)10-11-26(24,28)27(18,22)29/h4-5,13,17-18,20,22H,6-12,14,28-31H2,1-3H3/t17-,18-,20+,22?,23-,24+,25-,26-,27-/m0/s1. The van der Waals surface area contributed by atoms with E-state index in [9.17, 15) is 4.79 Å². The molecule has 1 unspecified atom stereocenters. The van der Waals surface area contributed by atoms with Crippen molar-refractivity contribution >= 4 is 37.8 Å². The number of fused-ring (bicyclic) bond motifs is 6. The molecule has 0 N–H and O–H groups in total. The summed E-state index contributed by atoms with van der Waals surface area (Å²) in [4.78, 5) is 12.5. The summed E-state index contributed by atoms with van der Waals surface area (Å²) in [5.41, 5.74) is 0.973. The van der Waals surface area contributed by atoms with Gasteiger partial charge in [-0.25, -0.2) is 0 Å². The van der Waals surface area contributed by atoms with Crippen LogP contribution < -0.4 is 0 Å². The summed E-state index contributed by atoms with van der Waals surface area (Å²) in [5.74, 6) is 2.43. The Labute approximate surface area is 219 Å². The van der Waals surface area contributed by atoms with Crippen LogP contribution >= 0.6 is 0 Å². The van der Waals surface area contributed by atoms with Crippen molar-refractivity contribution in [3.05, 3.63) is 35.3 Å². The van der Waals surface area contributed by atoms with Crippen molar-refractivity contribution in [3.63, 3.8) is 0 Å². The van der Waals surface area contributed by atoms with Crippen molar-refractivity contribution in [2.24, 2.45) is 16.7 Å². The molecule has 1 aromatic heterocycles. The maximum absolute atomic E-state index is 12.5. The summed E-state index contributed by atoms with van der Waals surface area (Å²) < 4.78 is 25.1. The lowest BCUT2D eigenvalue weighted by molar-refractivity contribution is -0.175. The van der Waals surface area contributed by atoms with Crippen LogP contribution in [0.15, 0.2) is 28.2 Å². The molecular formula is C27H40B4O5. The van der Waals surface area contributed by atoms with E-state index in [2.05, 4.69) is 47.7 Å². The first kappa shape index (κ1) is 25.0. The third kappa shape index (κ3) is 2.83. The highest BCUT2D eigenvalue weighted by Gasteiger charge is 2.78. The lowest BCUT2D eigenvalue weighted by Crippen LogP contribution is -2.66. The van der Waals surface area contributed by atoms with Crippen LogP contribution in [0.1, 0.15) is 82.7 Å². The van der Waals surface area contributed by atoms with Crippen molar-refractivity contribution in [1.82, 2.24) is 0 Å². The van der Waals surface area contributed by atoms with Gasteiger partial charge in [-0.2, -0.15) is 0 Å². The molecule has 0 amide bonds. The number of esters is 1. The van der Waals surface area contributed by atoms with Gasteiger partial charge >= 0.3 is 5.97 Å². The van der Waals surface area contributed by atoms with Crippen LogP contribution in [0.25, 0.3) is 0 Å². The SMILES string of the molecule is BO[C@H]1CC[C@@]2(C)C(=C[C@@H](c3ccc(C)o3)[C@]3(B)C2[C@H](OB)C[C@]2(C)[C@]4(CCC(=O)O4)CC[C@]23B)C1. The molecule has 6 rings (SSSR count). The first-order valence-corrected chi connectivity index (χ1v) is 14.0. The van der Waals surface area contributed by atoms with Crippen LogP contribution in [0.2, 0.25) is 10.6 Å². The molecule has 5 nitrogen and oxygen atoms in total. The van der Waals surface area contributed by atoms with Gasteiger partial charge in [0.15, 0.2) is 0 Å². The summed E-state index contributed by atoms with van der Waals surface area (Å²) in [6.45, 7) is 6.95. The van der Waals surface area contributed by atoms with Crippen molar-refractivity contribution in [3.8, 4) is 0 Å². The van der Waals surface area contributed by atoms with Gasteiger partial charge in [-0.05, 0) is 79.5 Å². The van der Waals surface area contributed by atoms with Gasteiger partial charge in [-0.1, -0.05) is 31.9 Å². The molecule has 9 heteroatoms. The normalized spacial score (nSPS) is 49.8. The first-order chi connectivity index (χ1) is 17.0. The molecule has 0 aromatic carbocycles. The summed E-state index contributed by atoms with van der Waals surface area (Å²) in [6, 6.07) is 4.29. The lowest BCUT2D eigenvalue weighted by Gasteiger charge is -2.72. The van der Waals surface area contributed by atoms with Gasteiger partial charge < -0.3 is 18.5 Å². The van der Waals surface area contributed by atoms with Crippen LogP contribution in [0.4, 0.5) is 0 Å². The number of hydrogen-bond acceptors (Lipinski definition) is 5. The number of ether oxygens (including phenoxy) is 1. The second kappa shape index (κ2) is 7.85. The van der Waals surface area contributed by atoms with Crippen LogP contribution in [-0.2, 0) is 18.8 Å². The molecule has 4 aliphatic carbocycles. The fourth-order valence-corrected chi connectivity index (χ4v) is 10.4. The quantitative estimate of drug-likeness (QED) is 0.371. The van der Waals surface area contributed by atoms with Crippen LogP contribution in [0.3, 0.4) is 0 Å². The number of rotatable bonds is 3. The molecule has 1 spiro atoms. The number of carbonyl (C=O) groups excluding carboxylic acids is 1. The largest absolute Gasteiger partial charge is 0.466 e. The molecule has 1 saturated heterocycles. The minimum atomic E-state index is -0.397. The van der Waals surface area contributed by atoms with Crippen molar-refractivity contribution in [2.75, 3.05) is 0 Å². The average Bonchev–Trinajstić information content (AvgIpc) is 3.51. The van der Waals surface area contributed by atoms with Gasteiger partial charge in [0, 0.05) is 30.0 Å². The Morgan fingerprint density at radius 3 is 2.44 bits per heavy atom. The van der Waals surface area contributed by atoms with E-state index in [0.717, 1.165) is 56.5 Å². The van der Waals surface area contributed by atoms with E-state index in [1.165, 1.54) is 5.57 Å². The summed E-state index contributed by atoms with van der Waals surface area (Å²) >= 11 is 0. The van der Waals surface area contributed by atoms with Gasteiger partial charge in [0.25, 0.3) is 16.1 Å². The Balaban J connectivity index is 1.60. The number of allylic oxidation sites excluding steroid dienone is 1. The van der Waals surface area contributed by atoms with Gasteiger partial charge in [0.2, 0.25) is 0 Å². The van der Waals surface area contributed by atoms with E-state index >= 15 is 0 Å². The molecule has 2 heterocycles. The van der Waals surface area contributed by atoms with Gasteiger partial charge in [0.1, 0.15) is 32.8 Å². The minimum Gasteiger partial charge on any atom is -0.466 e. The summed E-state index contributed by atoms with van der Waals surface area (Å²) in [6.07, 6.45) is 10.3. The molecule has 0 radical (unpaired) electrons. The monoisotopic (exact) mass is 488 g/mol. The van der Waals surface area contributed by atoms with Crippen LogP contribution in [-0.4, -0.2) is 55.6 Å². The molecule has 5 aliphatic rings. The lowest BCUT2D eigenvalue weighted by atomic mass is 9.23. The summed E-state index contributed by atoms with van der Waals surface area (Å²) in [5, 5.41) is -0.194. The number of furan rings is 1. The predicted octanol–water partition coefficient (Wildman–Crippen LogP) is 2.15. The van der Waals surface area contributed by atoms with Gasteiger partial charge in [-0.15, -0.1) is 0 Å². The summed E-state index contributed by atoms with van der Waals surface area (Å²) in [7, 11) is 8.78. The number of hydrogen-bond donors (Lipinski definition) is 0. The highest BCUT2D eigenvalue weighted by atomic mass is 16.6. The minimum absolute atomic E-state index is 0.0318. The van der Waals surface area contributed by atoms with E-state index in [1.54, 1.807) is 0 Å². The maximum Gasteiger partial charge on any atom is 0.306 e. The Hall–Kier alpha value is -1.33. The van der Waals surface area contributed by atoms with E-state index in [-0.39, 0.29) is 45.6 Å².